The molecule has 6 nitrogen and oxygen atoms in total. The Labute approximate surface area is 153 Å². The third-order valence-electron chi connectivity index (χ3n) is 4.95. The fraction of sp³-hybridized carbons (Fsp3) is 0.400. The van der Waals surface area contributed by atoms with Crippen LogP contribution in [0.4, 0.5) is 5.69 Å². The van der Waals surface area contributed by atoms with Gasteiger partial charge in [0.15, 0.2) is 0 Å². The third kappa shape index (κ3) is 3.45. The molecule has 2 aromatic rings. The van der Waals surface area contributed by atoms with E-state index >= 15 is 0 Å². The van der Waals surface area contributed by atoms with Gasteiger partial charge >= 0.3 is 5.97 Å². The molecule has 2 heterocycles. The number of amides is 1. The highest BCUT2D eigenvalue weighted by molar-refractivity contribution is 5.95. The second kappa shape index (κ2) is 7.23. The van der Waals surface area contributed by atoms with Crippen LogP contribution in [0.3, 0.4) is 0 Å². The number of carboxylic acid groups (broad SMARTS) is 1. The number of carboxylic acids is 1. The van der Waals surface area contributed by atoms with Crippen molar-refractivity contribution in [3.8, 4) is 0 Å². The SMILES string of the molecule is CC(CN(C)C(=O)c1ccoc1CN1c2ccccc2CC1C)C(=O)O. The average Bonchev–Trinajstić information content (AvgIpc) is 3.19. The van der Waals surface area contributed by atoms with Gasteiger partial charge in [-0.2, -0.15) is 0 Å². The summed E-state index contributed by atoms with van der Waals surface area (Å²) in [4.78, 5) is 27.5. The van der Waals surface area contributed by atoms with Crippen molar-refractivity contribution in [3.05, 3.63) is 53.5 Å². The van der Waals surface area contributed by atoms with Crippen LogP contribution in [0.15, 0.2) is 41.0 Å². The lowest BCUT2D eigenvalue weighted by atomic mass is 10.1. The first-order chi connectivity index (χ1) is 12.4. The number of nitrogens with zero attached hydrogens (tertiary/aromatic N) is 2. The molecule has 138 valence electrons. The van der Waals surface area contributed by atoms with Crippen molar-refractivity contribution >= 4 is 17.6 Å². The predicted molar refractivity (Wildman–Crippen MR) is 98.3 cm³/mol. The molecule has 0 saturated heterocycles. The molecular formula is C20H24N2O4. The summed E-state index contributed by atoms with van der Waals surface area (Å²) >= 11 is 0. The van der Waals surface area contributed by atoms with Crippen LogP contribution in [-0.2, 0) is 17.8 Å². The van der Waals surface area contributed by atoms with Gasteiger partial charge in [0.05, 0.1) is 24.3 Å². The molecule has 0 spiro atoms. The van der Waals surface area contributed by atoms with Crippen molar-refractivity contribution in [1.29, 1.82) is 0 Å². The first-order valence-electron chi connectivity index (χ1n) is 8.77. The Morgan fingerprint density at radius 2 is 2.08 bits per heavy atom. The molecule has 1 aliphatic rings. The van der Waals surface area contributed by atoms with Gasteiger partial charge in [-0.15, -0.1) is 0 Å². The number of hydrogen-bond acceptors (Lipinski definition) is 4. The molecule has 2 unspecified atom stereocenters. The maximum Gasteiger partial charge on any atom is 0.308 e. The highest BCUT2D eigenvalue weighted by atomic mass is 16.4. The van der Waals surface area contributed by atoms with E-state index in [-0.39, 0.29) is 12.5 Å². The van der Waals surface area contributed by atoms with Gasteiger partial charge in [-0.1, -0.05) is 25.1 Å². The molecule has 2 atom stereocenters. The van der Waals surface area contributed by atoms with Gasteiger partial charge in [-0.3, -0.25) is 9.59 Å². The highest BCUT2D eigenvalue weighted by Gasteiger charge is 2.29. The summed E-state index contributed by atoms with van der Waals surface area (Å²) in [5.41, 5.74) is 2.95. The maximum atomic E-state index is 12.7. The minimum atomic E-state index is -0.917. The summed E-state index contributed by atoms with van der Waals surface area (Å²) in [5.74, 6) is -1.15. The summed E-state index contributed by atoms with van der Waals surface area (Å²) in [6.07, 6.45) is 2.49. The van der Waals surface area contributed by atoms with Crippen molar-refractivity contribution in [3.63, 3.8) is 0 Å². The summed E-state index contributed by atoms with van der Waals surface area (Å²) in [7, 11) is 1.62. The van der Waals surface area contributed by atoms with Gasteiger partial charge in [-0.05, 0) is 31.0 Å². The first kappa shape index (κ1) is 18.0. The molecule has 0 fully saturated rings. The van der Waals surface area contributed by atoms with Gasteiger partial charge < -0.3 is 19.3 Å². The Kier molecular flexibility index (Phi) is 5.02. The van der Waals surface area contributed by atoms with Crippen LogP contribution < -0.4 is 4.90 Å². The highest BCUT2D eigenvalue weighted by Crippen LogP contribution is 2.33. The average molecular weight is 356 g/mol. The number of fused-ring (bicyclic) bond motifs is 1. The maximum absolute atomic E-state index is 12.7. The molecule has 1 aliphatic heterocycles. The van der Waals surface area contributed by atoms with E-state index < -0.39 is 11.9 Å². The van der Waals surface area contributed by atoms with Crippen molar-refractivity contribution < 1.29 is 19.1 Å². The van der Waals surface area contributed by atoms with Crippen LogP contribution in [0.25, 0.3) is 0 Å². The van der Waals surface area contributed by atoms with Crippen molar-refractivity contribution in [2.24, 2.45) is 5.92 Å². The van der Waals surface area contributed by atoms with Crippen molar-refractivity contribution in [2.75, 3.05) is 18.5 Å². The van der Waals surface area contributed by atoms with E-state index in [9.17, 15) is 9.59 Å². The van der Waals surface area contributed by atoms with Crippen LogP contribution in [0.5, 0.6) is 0 Å². The predicted octanol–water partition coefficient (Wildman–Crippen LogP) is 3.02. The number of anilines is 1. The topological polar surface area (TPSA) is 74.0 Å². The molecule has 0 radical (unpaired) electrons. The molecule has 6 heteroatoms. The first-order valence-corrected chi connectivity index (χ1v) is 8.77. The fourth-order valence-corrected chi connectivity index (χ4v) is 3.46. The second-order valence-electron chi connectivity index (χ2n) is 6.99. The zero-order chi connectivity index (χ0) is 18.8. The Morgan fingerprint density at radius 1 is 1.35 bits per heavy atom. The van der Waals surface area contributed by atoms with E-state index in [1.165, 1.54) is 22.4 Å². The summed E-state index contributed by atoms with van der Waals surface area (Å²) in [5, 5.41) is 9.05. The number of carbonyl (C=O) groups excluding carboxylic acids is 1. The monoisotopic (exact) mass is 356 g/mol. The van der Waals surface area contributed by atoms with Gasteiger partial charge in [0, 0.05) is 25.3 Å². The lowest BCUT2D eigenvalue weighted by molar-refractivity contribution is -0.141. The zero-order valence-electron chi connectivity index (χ0n) is 15.3. The van der Waals surface area contributed by atoms with Gasteiger partial charge in [-0.25, -0.2) is 0 Å². The summed E-state index contributed by atoms with van der Waals surface area (Å²) in [6.45, 7) is 4.41. The van der Waals surface area contributed by atoms with Crippen LogP contribution >= 0.6 is 0 Å². The summed E-state index contributed by atoms with van der Waals surface area (Å²) < 4.78 is 5.61. The Hall–Kier alpha value is -2.76. The standard InChI is InChI=1S/C20H24N2O4/c1-13(20(24)25)11-21(3)19(23)16-8-9-26-18(16)12-22-14(2)10-15-6-4-5-7-17(15)22/h4-9,13-14H,10-12H2,1-3H3,(H,24,25). The van der Waals surface area contributed by atoms with E-state index in [0.29, 0.717) is 23.9 Å². The summed E-state index contributed by atoms with van der Waals surface area (Å²) in [6, 6.07) is 10.2. The molecule has 1 N–H and O–H groups in total. The fourth-order valence-electron chi connectivity index (χ4n) is 3.46. The number of rotatable bonds is 6. The van der Waals surface area contributed by atoms with Crippen molar-refractivity contribution in [2.45, 2.75) is 32.9 Å². The minimum Gasteiger partial charge on any atom is -0.481 e. The lowest BCUT2D eigenvalue weighted by Crippen LogP contribution is -2.34. The van der Waals surface area contributed by atoms with E-state index in [4.69, 9.17) is 9.52 Å². The third-order valence-corrected chi connectivity index (χ3v) is 4.95. The Morgan fingerprint density at radius 3 is 2.81 bits per heavy atom. The molecule has 26 heavy (non-hydrogen) atoms. The minimum absolute atomic E-state index is 0.155. The van der Waals surface area contributed by atoms with Crippen LogP contribution in [0.2, 0.25) is 0 Å². The molecule has 0 aliphatic carbocycles. The number of furan rings is 1. The molecule has 0 saturated carbocycles. The van der Waals surface area contributed by atoms with Crippen LogP contribution in [-0.4, -0.2) is 41.5 Å². The molecule has 1 amide bonds. The Balaban J connectivity index is 1.77. The van der Waals surface area contributed by atoms with E-state index in [1.54, 1.807) is 20.0 Å². The lowest BCUT2D eigenvalue weighted by Gasteiger charge is -2.25. The quantitative estimate of drug-likeness (QED) is 0.861. The van der Waals surface area contributed by atoms with Crippen molar-refractivity contribution in [1.82, 2.24) is 4.90 Å². The number of para-hydroxylation sites is 1. The Bertz CT molecular complexity index is 814. The molecule has 1 aromatic heterocycles. The molecule has 1 aromatic carbocycles. The van der Waals surface area contributed by atoms with E-state index in [1.807, 2.05) is 12.1 Å². The smallest absolute Gasteiger partial charge is 0.308 e. The largest absolute Gasteiger partial charge is 0.481 e. The number of aliphatic carboxylic acids is 1. The number of benzene rings is 1. The molecular weight excluding hydrogens is 332 g/mol. The number of carbonyl (C=O) groups is 2. The molecule has 0 bridgehead atoms. The zero-order valence-corrected chi connectivity index (χ0v) is 15.3. The van der Waals surface area contributed by atoms with E-state index in [2.05, 4.69) is 24.0 Å². The molecule has 3 rings (SSSR count). The second-order valence-corrected chi connectivity index (χ2v) is 6.99. The number of hydrogen-bond donors (Lipinski definition) is 1. The normalized spacial score (nSPS) is 17.0. The van der Waals surface area contributed by atoms with Gasteiger partial charge in [0.25, 0.3) is 5.91 Å². The van der Waals surface area contributed by atoms with Gasteiger partial charge in [0.1, 0.15) is 5.76 Å². The van der Waals surface area contributed by atoms with Gasteiger partial charge in [0.2, 0.25) is 0 Å². The van der Waals surface area contributed by atoms with Crippen LogP contribution in [0, 0.1) is 5.92 Å². The van der Waals surface area contributed by atoms with Crippen LogP contribution in [0.1, 0.15) is 35.5 Å². The van der Waals surface area contributed by atoms with E-state index in [0.717, 1.165) is 6.42 Å².